The molecule has 0 radical (unpaired) electrons. The molecule has 0 aromatic heterocycles. The Balaban J connectivity index is 0. The second-order valence-corrected chi connectivity index (χ2v) is 2.38. The second-order valence-electron chi connectivity index (χ2n) is 2.38. The third kappa shape index (κ3) is 3.22. The third-order valence-corrected chi connectivity index (χ3v) is 1.17. The Hall–Kier alpha value is -0.0726. The summed E-state index contributed by atoms with van der Waals surface area (Å²) in [5.74, 6) is -0.924. The van der Waals surface area contributed by atoms with Gasteiger partial charge in [-0.15, -0.1) is 0 Å². The van der Waals surface area contributed by atoms with Crippen LogP contribution in [0.1, 0.15) is 13.8 Å². The maximum atomic E-state index is 11.9. The van der Waals surface area contributed by atoms with E-state index in [2.05, 4.69) is 4.74 Å². The number of hydrogen-bond acceptors (Lipinski definition) is 2. The number of ether oxygens (including phenoxy) is 1. The minimum atomic E-state index is -1.93. The van der Waals surface area contributed by atoms with Gasteiger partial charge in [-0.2, -0.15) is 0 Å². The SMILES string of the molecule is COC(=O)C(C)(C)[C-](F)F.[Li+]. The Morgan fingerprint density at radius 1 is 1.45 bits per heavy atom. The first kappa shape index (κ1) is 13.5. The van der Waals surface area contributed by atoms with E-state index in [0.717, 1.165) is 21.0 Å². The van der Waals surface area contributed by atoms with Crippen molar-refractivity contribution in [3.05, 3.63) is 6.43 Å². The van der Waals surface area contributed by atoms with Gasteiger partial charge in [0.05, 0.1) is 7.11 Å². The number of esters is 1. The van der Waals surface area contributed by atoms with E-state index >= 15 is 0 Å². The maximum absolute atomic E-state index is 11.9. The number of rotatable bonds is 2. The molecule has 60 valence electrons. The zero-order valence-electron chi connectivity index (χ0n) is 7.07. The number of halogens is 2. The van der Waals surface area contributed by atoms with Crippen molar-refractivity contribution < 1.29 is 37.2 Å². The fourth-order valence-electron chi connectivity index (χ4n) is 0.332. The van der Waals surface area contributed by atoms with Crippen molar-refractivity contribution in [1.29, 1.82) is 0 Å². The smallest absolute Gasteiger partial charge is 0.470 e. The van der Waals surface area contributed by atoms with Crippen LogP contribution in [0.5, 0.6) is 0 Å². The minimum Gasteiger partial charge on any atom is -0.470 e. The minimum absolute atomic E-state index is 0. The summed E-state index contributed by atoms with van der Waals surface area (Å²) >= 11 is 0. The summed E-state index contributed by atoms with van der Waals surface area (Å²) in [6, 6.07) is 0. The van der Waals surface area contributed by atoms with Crippen molar-refractivity contribution in [2.24, 2.45) is 5.41 Å². The molecule has 11 heavy (non-hydrogen) atoms. The van der Waals surface area contributed by atoms with Gasteiger partial charge in [0, 0.05) is 6.43 Å². The van der Waals surface area contributed by atoms with Crippen molar-refractivity contribution in [2.45, 2.75) is 13.8 Å². The molecule has 0 heterocycles. The molecule has 0 aliphatic rings. The third-order valence-electron chi connectivity index (χ3n) is 1.17. The van der Waals surface area contributed by atoms with Crippen LogP contribution >= 0.6 is 0 Å². The maximum Gasteiger partial charge on any atom is 1.00 e. The fraction of sp³-hybridized carbons (Fsp3) is 0.667. The molecule has 0 fully saturated rings. The van der Waals surface area contributed by atoms with Gasteiger partial charge in [-0.25, -0.2) is 0 Å². The summed E-state index contributed by atoms with van der Waals surface area (Å²) in [4.78, 5) is 10.6. The second kappa shape index (κ2) is 4.73. The van der Waals surface area contributed by atoms with E-state index in [4.69, 9.17) is 0 Å². The van der Waals surface area contributed by atoms with E-state index in [0.29, 0.717) is 0 Å². The zero-order chi connectivity index (χ0) is 8.36. The molecule has 0 saturated heterocycles. The molecule has 0 unspecified atom stereocenters. The molecular formula is C6H9F2LiO2. The molecule has 0 rings (SSSR count). The van der Waals surface area contributed by atoms with Crippen LogP contribution in [0.4, 0.5) is 8.78 Å². The van der Waals surface area contributed by atoms with Gasteiger partial charge in [0.25, 0.3) is 5.97 Å². The van der Waals surface area contributed by atoms with E-state index in [-0.39, 0.29) is 18.9 Å². The van der Waals surface area contributed by atoms with Crippen molar-refractivity contribution in [3.8, 4) is 0 Å². The predicted molar refractivity (Wildman–Crippen MR) is 31.3 cm³/mol. The quantitative estimate of drug-likeness (QED) is 0.281. The summed E-state index contributed by atoms with van der Waals surface area (Å²) in [6.07, 6.45) is -1.93. The van der Waals surface area contributed by atoms with Gasteiger partial charge in [-0.1, -0.05) is 13.8 Å². The van der Waals surface area contributed by atoms with Crippen LogP contribution in [-0.4, -0.2) is 13.1 Å². The van der Waals surface area contributed by atoms with Crippen molar-refractivity contribution in [1.82, 2.24) is 0 Å². The first-order valence-corrected chi connectivity index (χ1v) is 2.69. The summed E-state index contributed by atoms with van der Waals surface area (Å²) in [6.45, 7) is 2.21. The van der Waals surface area contributed by atoms with Gasteiger partial charge >= 0.3 is 18.9 Å². The summed E-state index contributed by atoms with van der Waals surface area (Å²) < 4.78 is 27.9. The van der Waals surface area contributed by atoms with E-state index in [1.807, 2.05) is 0 Å². The molecule has 0 aromatic rings. The molecule has 0 atom stereocenters. The molecule has 0 saturated carbocycles. The van der Waals surface area contributed by atoms with Gasteiger partial charge in [-0.3, -0.25) is 4.79 Å². The van der Waals surface area contributed by atoms with Crippen LogP contribution in [0.25, 0.3) is 0 Å². The summed E-state index contributed by atoms with van der Waals surface area (Å²) in [5, 5.41) is 0. The largest absolute Gasteiger partial charge is 1.00 e. The Kier molecular flexibility index (Phi) is 5.82. The molecule has 0 spiro atoms. The van der Waals surface area contributed by atoms with E-state index in [9.17, 15) is 13.6 Å². The Morgan fingerprint density at radius 2 is 1.82 bits per heavy atom. The standard InChI is InChI=1S/C6H9F2O2.Li/c1-6(2,4(7)8)5(9)10-3;/h1-3H3;/q-1;+1. The van der Waals surface area contributed by atoms with Crippen molar-refractivity contribution in [2.75, 3.05) is 7.11 Å². The van der Waals surface area contributed by atoms with Crippen LogP contribution in [0, 0.1) is 11.8 Å². The van der Waals surface area contributed by atoms with Crippen LogP contribution in [0.15, 0.2) is 0 Å². The Labute approximate surface area is 76.5 Å². The molecule has 0 N–H and O–H groups in total. The first-order chi connectivity index (χ1) is 4.42. The topological polar surface area (TPSA) is 26.3 Å². The summed E-state index contributed by atoms with van der Waals surface area (Å²) in [5.41, 5.74) is -1.77. The van der Waals surface area contributed by atoms with Crippen LogP contribution in [-0.2, 0) is 9.53 Å². The number of hydrogen-bond donors (Lipinski definition) is 0. The van der Waals surface area contributed by atoms with E-state index in [1.165, 1.54) is 0 Å². The van der Waals surface area contributed by atoms with Crippen molar-refractivity contribution in [3.63, 3.8) is 0 Å². The molecule has 0 aliphatic heterocycles. The van der Waals surface area contributed by atoms with Gasteiger partial charge in [0.2, 0.25) is 0 Å². The predicted octanol–water partition coefficient (Wildman–Crippen LogP) is -1.38. The van der Waals surface area contributed by atoms with Gasteiger partial charge in [0.15, 0.2) is 0 Å². The van der Waals surface area contributed by atoms with Gasteiger partial charge in [0.1, 0.15) is 0 Å². The normalized spacial score (nSPS) is 10.7. The number of methoxy groups -OCH3 is 1. The molecular weight excluding hydrogens is 149 g/mol. The van der Waals surface area contributed by atoms with Crippen LogP contribution < -0.4 is 18.9 Å². The van der Waals surface area contributed by atoms with Crippen LogP contribution in [0.2, 0.25) is 0 Å². The summed E-state index contributed by atoms with van der Waals surface area (Å²) in [7, 11) is 1.08. The molecule has 0 aliphatic carbocycles. The van der Waals surface area contributed by atoms with Gasteiger partial charge in [-0.05, 0) is 5.41 Å². The Morgan fingerprint density at radius 3 is 1.91 bits per heavy atom. The van der Waals surface area contributed by atoms with E-state index in [1.54, 1.807) is 0 Å². The molecule has 5 heteroatoms. The van der Waals surface area contributed by atoms with Gasteiger partial charge < -0.3 is 13.5 Å². The number of carbonyl (C=O) groups is 1. The monoisotopic (exact) mass is 158 g/mol. The molecule has 0 amide bonds. The zero-order valence-corrected chi connectivity index (χ0v) is 7.07. The first-order valence-electron chi connectivity index (χ1n) is 2.69. The van der Waals surface area contributed by atoms with Crippen molar-refractivity contribution >= 4 is 5.97 Å². The number of carbonyl (C=O) groups excluding carboxylic acids is 1. The van der Waals surface area contributed by atoms with E-state index < -0.39 is 17.8 Å². The molecule has 0 bridgehead atoms. The average molecular weight is 158 g/mol. The fourth-order valence-corrected chi connectivity index (χ4v) is 0.332. The molecule has 0 aromatic carbocycles. The molecule has 2 nitrogen and oxygen atoms in total. The Bertz CT molecular complexity index is 137. The van der Waals surface area contributed by atoms with Crippen LogP contribution in [0.3, 0.4) is 0 Å². The average Bonchev–Trinajstić information content (AvgIpc) is 1.86.